The van der Waals surface area contributed by atoms with Gasteiger partial charge >= 0.3 is 5.97 Å². The monoisotopic (exact) mass is 249 g/mol. The zero-order valence-electron chi connectivity index (χ0n) is 10.7. The second kappa shape index (κ2) is 3.69. The molecule has 2 aromatic heterocycles. The van der Waals surface area contributed by atoms with Gasteiger partial charge in [0.05, 0.1) is 11.2 Å². The lowest BCUT2D eigenvalue weighted by molar-refractivity contribution is 0.0695. The highest BCUT2D eigenvalue weighted by Gasteiger charge is 2.21. The summed E-state index contributed by atoms with van der Waals surface area (Å²) in [7, 11) is 0. The van der Waals surface area contributed by atoms with Gasteiger partial charge in [-0.25, -0.2) is 9.48 Å². The molecule has 2 N–H and O–H groups in total. The Morgan fingerprint density at radius 1 is 1.44 bits per heavy atom. The minimum atomic E-state index is -1.24. The van der Waals surface area contributed by atoms with Crippen molar-refractivity contribution in [1.82, 2.24) is 14.8 Å². The molecular formula is C12H15N3O3. The topological polar surface area (TPSA) is 88.0 Å². The molecule has 0 atom stereocenters. The van der Waals surface area contributed by atoms with Crippen molar-refractivity contribution >= 4 is 17.0 Å². The van der Waals surface area contributed by atoms with E-state index in [1.165, 1.54) is 6.07 Å². The summed E-state index contributed by atoms with van der Waals surface area (Å²) in [4.78, 5) is 25.2. The van der Waals surface area contributed by atoms with Crippen LogP contribution in [0.1, 0.15) is 36.8 Å². The smallest absolute Gasteiger partial charge is 0.341 e. The van der Waals surface area contributed by atoms with Crippen LogP contribution in [-0.2, 0) is 5.54 Å². The van der Waals surface area contributed by atoms with Crippen LogP contribution in [0.2, 0.25) is 0 Å². The number of nitrogens with zero attached hydrogens (tertiary/aromatic N) is 2. The normalized spacial score (nSPS) is 12.0. The van der Waals surface area contributed by atoms with Gasteiger partial charge in [0.25, 0.3) is 5.56 Å². The van der Waals surface area contributed by atoms with E-state index < -0.39 is 11.5 Å². The fourth-order valence-electron chi connectivity index (χ4n) is 1.86. The molecule has 6 nitrogen and oxygen atoms in total. The van der Waals surface area contributed by atoms with E-state index in [1.54, 1.807) is 11.6 Å². The summed E-state index contributed by atoms with van der Waals surface area (Å²) in [6.07, 6.45) is 0. The molecule has 18 heavy (non-hydrogen) atoms. The van der Waals surface area contributed by atoms with Gasteiger partial charge in [0.15, 0.2) is 0 Å². The van der Waals surface area contributed by atoms with Crippen molar-refractivity contribution < 1.29 is 9.90 Å². The molecule has 2 heterocycles. The Hall–Kier alpha value is -2.11. The molecule has 0 bridgehead atoms. The van der Waals surface area contributed by atoms with Crippen LogP contribution < -0.4 is 5.56 Å². The number of carboxylic acid groups (broad SMARTS) is 1. The van der Waals surface area contributed by atoms with E-state index in [1.807, 2.05) is 20.8 Å². The van der Waals surface area contributed by atoms with Crippen molar-refractivity contribution in [1.29, 1.82) is 0 Å². The predicted octanol–water partition coefficient (Wildman–Crippen LogP) is 1.49. The van der Waals surface area contributed by atoms with Gasteiger partial charge in [-0.2, -0.15) is 5.10 Å². The van der Waals surface area contributed by atoms with Gasteiger partial charge in [-0.3, -0.25) is 4.79 Å². The average Bonchev–Trinajstić information content (AvgIpc) is 2.53. The highest BCUT2D eigenvalue weighted by atomic mass is 16.4. The van der Waals surface area contributed by atoms with E-state index in [0.29, 0.717) is 16.7 Å². The van der Waals surface area contributed by atoms with E-state index in [0.717, 1.165) is 0 Å². The third-order valence-corrected chi connectivity index (χ3v) is 2.74. The summed E-state index contributed by atoms with van der Waals surface area (Å²) in [5.41, 5.74) is 0.0772. The fourth-order valence-corrected chi connectivity index (χ4v) is 1.86. The summed E-state index contributed by atoms with van der Waals surface area (Å²) in [6, 6.07) is 1.38. The largest absolute Gasteiger partial charge is 0.477 e. The Bertz CT molecular complexity index is 689. The van der Waals surface area contributed by atoms with Crippen LogP contribution in [0.25, 0.3) is 11.0 Å². The highest BCUT2D eigenvalue weighted by molar-refractivity contribution is 5.92. The molecule has 96 valence electrons. The van der Waals surface area contributed by atoms with Crippen LogP contribution in [-0.4, -0.2) is 25.8 Å². The minimum Gasteiger partial charge on any atom is -0.477 e. The molecule has 0 fully saturated rings. The van der Waals surface area contributed by atoms with Gasteiger partial charge < -0.3 is 10.1 Å². The third kappa shape index (κ3) is 1.79. The first-order valence-electron chi connectivity index (χ1n) is 5.58. The van der Waals surface area contributed by atoms with E-state index >= 15 is 0 Å². The molecule has 0 saturated carbocycles. The zero-order chi connectivity index (χ0) is 13.7. The first-order chi connectivity index (χ1) is 8.21. The Labute approximate surface area is 103 Å². The van der Waals surface area contributed by atoms with Crippen LogP contribution in [0.5, 0.6) is 0 Å². The second-order valence-corrected chi connectivity index (χ2v) is 5.25. The standard InChI is InChI=1S/C12H15N3O3/c1-6-7-5-8(11(17)18)10(16)13-9(7)15(14-6)12(2,3)4/h5H,1-4H3,(H,13,16)(H,17,18). The third-order valence-electron chi connectivity index (χ3n) is 2.74. The number of carboxylic acids is 1. The van der Waals surface area contributed by atoms with Gasteiger partial charge in [0.1, 0.15) is 11.2 Å². The maximum absolute atomic E-state index is 11.7. The minimum absolute atomic E-state index is 0.265. The van der Waals surface area contributed by atoms with Crippen LogP contribution in [0, 0.1) is 6.92 Å². The number of aromatic carboxylic acids is 1. The molecular weight excluding hydrogens is 234 g/mol. The maximum atomic E-state index is 11.7. The summed E-state index contributed by atoms with van der Waals surface area (Å²) in [5, 5.41) is 13.9. The number of H-pyrrole nitrogens is 1. The molecule has 0 aromatic carbocycles. The van der Waals surface area contributed by atoms with E-state index in [-0.39, 0.29) is 11.1 Å². The summed E-state index contributed by atoms with van der Waals surface area (Å²) >= 11 is 0. The van der Waals surface area contributed by atoms with E-state index in [9.17, 15) is 9.59 Å². The number of fused-ring (bicyclic) bond motifs is 1. The SMILES string of the molecule is Cc1nn(C(C)(C)C)c2[nH]c(=O)c(C(=O)O)cc12. The molecule has 2 rings (SSSR count). The fraction of sp³-hybridized carbons (Fsp3) is 0.417. The maximum Gasteiger partial charge on any atom is 0.341 e. The number of rotatable bonds is 1. The molecule has 0 amide bonds. The van der Waals surface area contributed by atoms with Crippen molar-refractivity contribution in [3.63, 3.8) is 0 Å². The van der Waals surface area contributed by atoms with Crippen molar-refractivity contribution in [2.24, 2.45) is 0 Å². The number of aromatic nitrogens is 3. The van der Waals surface area contributed by atoms with Crippen LogP contribution in [0.3, 0.4) is 0 Å². The van der Waals surface area contributed by atoms with Crippen molar-refractivity contribution in [2.75, 3.05) is 0 Å². The quantitative estimate of drug-likeness (QED) is 0.801. The van der Waals surface area contributed by atoms with E-state index in [2.05, 4.69) is 10.1 Å². The number of carbonyl (C=O) groups is 1. The number of aromatic amines is 1. The van der Waals surface area contributed by atoms with Gasteiger partial charge in [0.2, 0.25) is 0 Å². The molecule has 0 spiro atoms. The van der Waals surface area contributed by atoms with Gasteiger partial charge in [0, 0.05) is 5.39 Å². The Morgan fingerprint density at radius 2 is 2.06 bits per heavy atom. The Kier molecular flexibility index (Phi) is 2.53. The van der Waals surface area contributed by atoms with Crippen LogP contribution >= 0.6 is 0 Å². The Morgan fingerprint density at radius 3 is 2.56 bits per heavy atom. The van der Waals surface area contributed by atoms with Crippen molar-refractivity contribution in [3.8, 4) is 0 Å². The molecule has 0 aliphatic heterocycles. The van der Waals surface area contributed by atoms with Crippen molar-refractivity contribution in [3.05, 3.63) is 27.7 Å². The Balaban J connectivity index is 2.87. The molecule has 0 unspecified atom stereocenters. The zero-order valence-corrected chi connectivity index (χ0v) is 10.7. The molecule has 0 radical (unpaired) electrons. The van der Waals surface area contributed by atoms with Crippen molar-refractivity contribution in [2.45, 2.75) is 33.2 Å². The number of hydrogen-bond acceptors (Lipinski definition) is 3. The molecule has 0 saturated heterocycles. The number of pyridine rings is 1. The lowest BCUT2D eigenvalue weighted by Crippen LogP contribution is -2.25. The molecule has 6 heteroatoms. The second-order valence-electron chi connectivity index (χ2n) is 5.25. The van der Waals surface area contributed by atoms with Crippen LogP contribution in [0.4, 0.5) is 0 Å². The number of hydrogen-bond donors (Lipinski definition) is 2. The number of aryl methyl sites for hydroxylation is 1. The first-order valence-corrected chi connectivity index (χ1v) is 5.58. The van der Waals surface area contributed by atoms with Crippen LogP contribution in [0.15, 0.2) is 10.9 Å². The lowest BCUT2D eigenvalue weighted by atomic mass is 10.1. The highest BCUT2D eigenvalue weighted by Crippen LogP contribution is 2.22. The number of nitrogens with one attached hydrogen (secondary N) is 1. The summed E-state index contributed by atoms with van der Waals surface area (Å²) in [6.45, 7) is 7.67. The van der Waals surface area contributed by atoms with Gasteiger partial charge in [-0.15, -0.1) is 0 Å². The van der Waals surface area contributed by atoms with Gasteiger partial charge in [-0.05, 0) is 33.8 Å². The van der Waals surface area contributed by atoms with Gasteiger partial charge in [-0.1, -0.05) is 0 Å². The summed E-state index contributed by atoms with van der Waals surface area (Å²) in [5.74, 6) is -1.24. The lowest BCUT2D eigenvalue weighted by Gasteiger charge is -2.19. The summed E-state index contributed by atoms with van der Waals surface area (Å²) < 4.78 is 1.70. The predicted molar refractivity (Wildman–Crippen MR) is 67.0 cm³/mol. The average molecular weight is 249 g/mol. The van der Waals surface area contributed by atoms with E-state index in [4.69, 9.17) is 5.11 Å². The molecule has 0 aliphatic rings. The molecule has 2 aromatic rings. The first kappa shape index (κ1) is 12.3. The molecule has 0 aliphatic carbocycles.